The highest BCUT2D eigenvalue weighted by molar-refractivity contribution is 7.09. The van der Waals surface area contributed by atoms with Crippen molar-refractivity contribution in [2.24, 2.45) is 5.73 Å². The molecule has 0 aliphatic carbocycles. The molecule has 0 radical (unpaired) electrons. The number of hydrogen-bond donors (Lipinski definition) is 1. The van der Waals surface area contributed by atoms with Gasteiger partial charge in [-0.25, -0.2) is 4.98 Å². The van der Waals surface area contributed by atoms with Crippen LogP contribution in [0.2, 0.25) is 0 Å². The van der Waals surface area contributed by atoms with Crippen molar-refractivity contribution in [3.8, 4) is 0 Å². The van der Waals surface area contributed by atoms with Crippen LogP contribution in [0, 0.1) is 0 Å². The maximum atomic E-state index is 5.79. The lowest BCUT2D eigenvalue weighted by Crippen LogP contribution is -2.39. The van der Waals surface area contributed by atoms with Gasteiger partial charge in [-0.05, 0) is 12.8 Å². The zero-order valence-corrected chi connectivity index (χ0v) is 7.63. The van der Waals surface area contributed by atoms with Gasteiger partial charge in [0.1, 0.15) is 6.33 Å². The summed E-state index contributed by atoms with van der Waals surface area (Å²) in [5, 5.41) is 1.03. The van der Waals surface area contributed by atoms with Gasteiger partial charge in [0.05, 0.1) is 0 Å². The number of anilines is 1. The number of piperidine rings is 1. The van der Waals surface area contributed by atoms with E-state index in [1.165, 1.54) is 11.5 Å². The highest BCUT2D eigenvalue weighted by Crippen LogP contribution is 2.19. The zero-order valence-electron chi connectivity index (χ0n) is 6.81. The van der Waals surface area contributed by atoms with Crippen molar-refractivity contribution >= 4 is 16.7 Å². The molecule has 1 aliphatic rings. The maximum Gasteiger partial charge on any atom is 0.204 e. The summed E-state index contributed by atoms with van der Waals surface area (Å²) in [4.78, 5) is 6.41. The van der Waals surface area contributed by atoms with E-state index in [4.69, 9.17) is 5.73 Å². The van der Waals surface area contributed by atoms with Gasteiger partial charge in [-0.3, -0.25) is 0 Å². The summed E-state index contributed by atoms with van der Waals surface area (Å²) < 4.78 is 3.97. The minimum Gasteiger partial charge on any atom is -0.347 e. The van der Waals surface area contributed by atoms with E-state index >= 15 is 0 Å². The van der Waals surface area contributed by atoms with Crippen LogP contribution in [0.1, 0.15) is 12.8 Å². The van der Waals surface area contributed by atoms with Crippen molar-refractivity contribution in [3.63, 3.8) is 0 Å². The molecule has 1 saturated heterocycles. The first-order valence-corrected chi connectivity index (χ1v) is 4.91. The van der Waals surface area contributed by atoms with E-state index in [0.29, 0.717) is 6.04 Å². The third-order valence-electron chi connectivity index (χ3n) is 2.16. The standard InChI is InChI=1S/C7H12N4S/c8-6-1-3-11(4-2-6)7-9-5-10-12-7/h5-6H,1-4,8H2. The molecule has 0 atom stereocenters. The van der Waals surface area contributed by atoms with Crippen LogP contribution in [0.15, 0.2) is 6.33 Å². The topological polar surface area (TPSA) is 55.0 Å². The molecule has 1 aliphatic heterocycles. The Bertz CT molecular complexity index is 228. The van der Waals surface area contributed by atoms with Crippen LogP contribution in [0.3, 0.4) is 0 Å². The second-order valence-electron chi connectivity index (χ2n) is 3.05. The van der Waals surface area contributed by atoms with Crippen LogP contribution in [-0.4, -0.2) is 28.5 Å². The minimum atomic E-state index is 0.383. The van der Waals surface area contributed by atoms with E-state index in [1.54, 1.807) is 6.33 Å². The molecule has 0 bridgehead atoms. The van der Waals surface area contributed by atoms with E-state index in [-0.39, 0.29) is 0 Å². The first kappa shape index (κ1) is 7.94. The van der Waals surface area contributed by atoms with Crippen molar-refractivity contribution < 1.29 is 0 Å². The Balaban J connectivity index is 1.99. The Labute approximate surface area is 75.6 Å². The first-order valence-electron chi connectivity index (χ1n) is 4.13. The van der Waals surface area contributed by atoms with Crippen LogP contribution in [0.25, 0.3) is 0 Å². The normalized spacial score (nSPS) is 19.9. The molecule has 2 heterocycles. The zero-order chi connectivity index (χ0) is 8.39. The molecule has 0 saturated carbocycles. The summed E-state index contributed by atoms with van der Waals surface area (Å²) in [7, 11) is 0. The summed E-state index contributed by atoms with van der Waals surface area (Å²) in [6.07, 6.45) is 3.74. The molecule has 0 unspecified atom stereocenters. The van der Waals surface area contributed by atoms with Gasteiger partial charge < -0.3 is 10.6 Å². The number of aromatic nitrogens is 2. The van der Waals surface area contributed by atoms with E-state index < -0.39 is 0 Å². The average Bonchev–Trinajstić information content (AvgIpc) is 2.58. The third-order valence-corrected chi connectivity index (χ3v) is 2.89. The lowest BCUT2D eigenvalue weighted by molar-refractivity contribution is 0.501. The average molecular weight is 184 g/mol. The van der Waals surface area contributed by atoms with Crippen LogP contribution in [-0.2, 0) is 0 Å². The molecule has 1 fully saturated rings. The lowest BCUT2D eigenvalue weighted by atomic mass is 10.1. The Morgan fingerprint density at radius 2 is 2.25 bits per heavy atom. The van der Waals surface area contributed by atoms with Gasteiger partial charge in [-0.1, -0.05) is 0 Å². The molecule has 0 aromatic carbocycles. The Kier molecular flexibility index (Phi) is 2.23. The molecular weight excluding hydrogens is 172 g/mol. The largest absolute Gasteiger partial charge is 0.347 e. The van der Waals surface area contributed by atoms with Crippen molar-refractivity contribution in [2.45, 2.75) is 18.9 Å². The Hall–Kier alpha value is -0.680. The molecule has 1 aromatic heterocycles. The third kappa shape index (κ3) is 1.56. The van der Waals surface area contributed by atoms with Crippen LogP contribution in [0.5, 0.6) is 0 Å². The molecule has 2 rings (SSSR count). The van der Waals surface area contributed by atoms with E-state index in [1.807, 2.05) is 0 Å². The van der Waals surface area contributed by atoms with Gasteiger partial charge in [-0.15, -0.1) is 0 Å². The van der Waals surface area contributed by atoms with Gasteiger partial charge in [-0.2, -0.15) is 4.37 Å². The number of nitrogens with zero attached hydrogens (tertiary/aromatic N) is 3. The SMILES string of the molecule is NC1CCN(c2ncns2)CC1. The van der Waals surface area contributed by atoms with Crippen LogP contribution >= 0.6 is 11.5 Å². The van der Waals surface area contributed by atoms with Crippen LogP contribution in [0.4, 0.5) is 5.13 Å². The minimum absolute atomic E-state index is 0.383. The molecule has 2 N–H and O–H groups in total. The molecule has 0 spiro atoms. The van der Waals surface area contributed by atoms with Crippen molar-refractivity contribution in [1.82, 2.24) is 9.36 Å². The van der Waals surface area contributed by atoms with Gasteiger partial charge in [0.15, 0.2) is 0 Å². The molecule has 66 valence electrons. The smallest absolute Gasteiger partial charge is 0.204 e. The highest BCUT2D eigenvalue weighted by atomic mass is 32.1. The highest BCUT2D eigenvalue weighted by Gasteiger charge is 2.17. The van der Waals surface area contributed by atoms with Gasteiger partial charge in [0, 0.05) is 30.7 Å². The second-order valence-corrected chi connectivity index (χ2v) is 3.81. The monoisotopic (exact) mass is 184 g/mol. The first-order chi connectivity index (χ1) is 5.86. The van der Waals surface area contributed by atoms with Gasteiger partial charge >= 0.3 is 0 Å². The summed E-state index contributed by atoms with van der Waals surface area (Å²) in [6.45, 7) is 2.05. The van der Waals surface area contributed by atoms with Crippen LogP contribution < -0.4 is 10.6 Å². The molecular formula is C7H12N4S. The van der Waals surface area contributed by atoms with E-state index in [9.17, 15) is 0 Å². The molecule has 4 nitrogen and oxygen atoms in total. The summed E-state index contributed by atoms with van der Waals surface area (Å²) >= 11 is 1.45. The summed E-state index contributed by atoms with van der Waals surface area (Å²) in [5.74, 6) is 0. The summed E-state index contributed by atoms with van der Waals surface area (Å²) in [6, 6.07) is 0.383. The van der Waals surface area contributed by atoms with Crippen molar-refractivity contribution in [3.05, 3.63) is 6.33 Å². The molecule has 0 amide bonds. The lowest BCUT2D eigenvalue weighted by Gasteiger charge is -2.29. The molecule has 12 heavy (non-hydrogen) atoms. The fraction of sp³-hybridized carbons (Fsp3) is 0.714. The second kappa shape index (κ2) is 3.37. The molecule has 1 aromatic rings. The quantitative estimate of drug-likeness (QED) is 0.689. The predicted octanol–water partition coefficient (Wildman–Crippen LogP) is 0.466. The number of rotatable bonds is 1. The Morgan fingerprint density at radius 1 is 1.50 bits per heavy atom. The number of hydrogen-bond acceptors (Lipinski definition) is 5. The maximum absolute atomic E-state index is 5.79. The Morgan fingerprint density at radius 3 is 2.83 bits per heavy atom. The van der Waals surface area contributed by atoms with Gasteiger partial charge in [0.2, 0.25) is 5.13 Å². The fourth-order valence-electron chi connectivity index (χ4n) is 1.40. The number of nitrogens with two attached hydrogens (primary N) is 1. The fourth-order valence-corrected chi connectivity index (χ4v) is 1.98. The van der Waals surface area contributed by atoms with E-state index in [0.717, 1.165) is 31.1 Å². The van der Waals surface area contributed by atoms with Crippen molar-refractivity contribution in [2.75, 3.05) is 18.0 Å². The molecule has 5 heteroatoms. The van der Waals surface area contributed by atoms with E-state index in [2.05, 4.69) is 14.3 Å². The van der Waals surface area contributed by atoms with Gasteiger partial charge in [0.25, 0.3) is 0 Å². The summed E-state index contributed by atoms with van der Waals surface area (Å²) in [5.41, 5.74) is 5.79. The predicted molar refractivity (Wildman–Crippen MR) is 49.3 cm³/mol. The van der Waals surface area contributed by atoms with Crippen molar-refractivity contribution in [1.29, 1.82) is 0 Å².